The zero-order valence-electron chi connectivity index (χ0n) is 13.3. The van der Waals surface area contributed by atoms with Crippen molar-refractivity contribution in [3.63, 3.8) is 0 Å². The van der Waals surface area contributed by atoms with Gasteiger partial charge in [-0.1, -0.05) is 43.6 Å². The van der Waals surface area contributed by atoms with E-state index in [9.17, 15) is 14.4 Å². The minimum atomic E-state index is -0.773. The second-order valence-corrected chi connectivity index (χ2v) is 6.57. The minimum absolute atomic E-state index is 0.0298. The number of ketones is 3. The number of allylic oxidation sites excluding steroid dienone is 1. The maximum Gasteiger partial charge on any atom is 0.237 e. The minimum Gasteiger partial charge on any atom is -0.462 e. The monoisotopic (exact) mass is 342 g/mol. The van der Waals surface area contributed by atoms with Crippen LogP contribution >= 0.6 is 11.6 Å². The molecule has 0 amide bonds. The molecule has 0 N–H and O–H groups in total. The highest BCUT2D eigenvalue weighted by molar-refractivity contribution is 6.60. The highest BCUT2D eigenvalue weighted by Gasteiger charge is 2.33. The largest absolute Gasteiger partial charge is 0.462 e. The first-order valence-corrected chi connectivity index (χ1v) is 7.97. The summed E-state index contributed by atoms with van der Waals surface area (Å²) in [6.07, 6.45) is 3.04. The lowest BCUT2D eigenvalue weighted by Crippen LogP contribution is -2.19. The van der Waals surface area contributed by atoms with Crippen LogP contribution in [0.25, 0.3) is 5.03 Å². The van der Waals surface area contributed by atoms with Gasteiger partial charge in [0.2, 0.25) is 11.6 Å². The van der Waals surface area contributed by atoms with Crippen LogP contribution in [0.2, 0.25) is 0 Å². The number of rotatable bonds is 4. The van der Waals surface area contributed by atoms with Crippen molar-refractivity contribution in [2.45, 2.75) is 20.3 Å². The van der Waals surface area contributed by atoms with Crippen molar-refractivity contribution in [1.82, 2.24) is 0 Å². The highest BCUT2D eigenvalue weighted by atomic mass is 35.5. The summed E-state index contributed by atoms with van der Waals surface area (Å²) in [7, 11) is 0. The van der Waals surface area contributed by atoms with Crippen LogP contribution in [0.4, 0.5) is 0 Å². The number of carbonyl (C=O) groups excluding carboxylic acids is 3. The molecule has 1 aliphatic carbocycles. The Bertz CT molecular complexity index is 887. The van der Waals surface area contributed by atoms with Gasteiger partial charge in [0.05, 0.1) is 16.2 Å². The van der Waals surface area contributed by atoms with E-state index in [-0.39, 0.29) is 27.7 Å². The molecule has 3 rings (SSSR count). The van der Waals surface area contributed by atoms with Crippen molar-refractivity contribution >= 4 is 34.0 Å². The van der Waals surface area contributed by atoms with E-state index in [4.69, 9.17) is 16.0 Å². The molecule has 0 fully saturated rings. The van der Waals surface area contributed by atoms with Crippen LogP contribution in [0, 0.1) is 5.92 Å². The number of carbonyl (C=O) groups is 3. The predicted octanol–water partition coefficient (Wildman–Crippen LogP) is 4.05. The Morgan fingerprint density at radius 1 is 1.25 bits per heavy atom. The summed E-state index contributed by atoms with van der Waals surface area (Å²) >= 11 is 5.94. The van der Waals surface area contributed by atoms with Crippen molar-refractivity contribution in [3.05, 3.63) is 64.6 Å². The van der Waals surface area contributed by atoms with Gasteiger partial charge < -0.3 is 4.42 Å². The van der Waals surface area contributed by atoms with Crippen LogP contribution in [-0.2, 0) is 11.2 Å². The molecule has 24 heavy (non-hydrogen) atoms. The van der Waals surface area contributed by atoms with Gasteiger partial charge in [0.1, 0.15) is 6.26 Å². The van der Waals surface area contributed by atoms with Gasteiger partial charge in [-0.3, -0.25) is 14.4 Å². The maximum absolute atomic E-state index is 12.8. The standard InChI is InChI=1S/C19H15ClO4/c1-10(2)6-11-4-3-5-12(7-11)17(22)13-9-24-19-14(20)8-15(21)18(23)16(13)19/h3-5,7-10H,6H2,1-2H3. The summed E-state index contributed by atoms with van der Waals surface area (Å²) in [6, 6.07) is 7.24. The molecule has 0 atom stereocenters. The molecular formula is C19H15ClO4. The zero-order chi connectivity index (χ0) is 17.4. The van der Waals surface area contributed by atoms with Gasteiger partial charge in [-0.15, -0.1) is 0 Å². The summed E-state index contributed by atoms with van der Waals surface area (Å²) in [4.78, 5) is 36.6. The lowest BCUT2D eigenvalue weighted by Gasteiger charge is -2.09. The average Bonchev–Trinajstić information content (AvgIpc) is 2.97. The number of benzene rings is 1. The Balaban J connectivity index is 2.03. The smallest absolute Gasteiger partial charge is 0.237 e. The predicted molar refractivity (Wildman–Crippen MR) is 90.3 cm³/mol. The molecule has 0 radical (unpaired) electrons. The highest BCUT2D eigenvalue weighted by Crippen LogP contribution is 2.32. The van der Waals surface area contributed by atoms with Crippen molar-refractivity contribution in [2.75, 3.05) is 0 Å². The van der Waals surface area contributed by atoms with Gasteiger partial charge in [-0.2, -0.15) is 0 Å². The fourth-order valence-electron chi connectivity index (χ4n) is 2.76. The Morgan fingerprint density at radius 3 is 2.71 bits per heavy atom. The molecule has 2 aromatic rings. The molecule has 0 unspecified atom stereocenters. The van der Waals surface area contributed by atoms with Crippen LogP contribution in [0.15, 0.2) is 41.0 Å². The molecule has 1 aromatic carbocycles. The topological polar surface area (TPSA) is 64.3 Å². The van der Waals surface area contributed by atoms with Gasteiger partial charge in [-0.25, -0.2) is 0 Å². The van der Waals surface area contributed by atoms with Gasteiger partial charge >= 0.3 is 0 Å². The van der Waals surface area contributed by atoms with Crippen molar-refractivity contribution in [1.29, 1.82) is 0 Å². The zero-order valence-corrected chi connectivity index (χ0v) is 14.0. The third-order valence-electron chi connectivity index (χ3n) is 3.79. The third kappa shape index (κ3) is 2.85. The third-order valence-corrected chi connectivity index (χ3v) is 4.08. The van der Waals surface area contributed by atoms with Gasteiger partial charge in [0.15, 0.2) is 11.5 Å². The first kappa shape index (κ1) is 16.4. The van der Waals surface area contributed by atoms with E-state index in [1.54, 1.807) is 18.2 Å². The lowest BCUT2D eigenvalue weighted by molar-refractivity contribution is -0.111. The molecule has 0 spiro atoms. The second-order valence-electron chi connectivity index (χ2n) is 6.17. The summed E-state index contributed by atoms with van der Waals surface area (Å²) in [5.41, 5.74) is 1.50. The van der Waals surface area contributed by atoms with E-state index in [0.717, 1.165) is 18.1 Å². The van der Waals surface area contributed by atoms with Crippen molar-refractivity contribution in [3.8, 4) is 0 Å². The molecule has 0 bridgehead atoms. The van der Waals surface area contributed by atoms with Crippen LogP contribution < -0.4 is 0 Å². The van der Waals surface area contributed by atoms with Crippen LogP contribution in [0.3, 0.4) is 0 Å². The van der Waals surface area contributed by atoms with Crippen molar-refractivity contribution in [2.24, 2.45) is 5.92 Å². The molecule has 4 nitrogen and oxygen atoms in total. The van der Waals surface area contributed by atoms with Crippen LogP contribution in [0.1, 0.15) is 51.5 Å². The van der Waals surface area contributed by atoms with E-state index in [1.165, 1.54) is 6.26 Å². The first-order valence-electron chi connectivity index (χ1n) is 7.60. The van der Waals surface area contributed by atoms with Crippen molar-refractivity contribution < 1.29 is 18.8 Å². The van der Waals surface area contributed by atoms with E-state index < -0.39 is 11.6 Å². The van der Waals surface area contributed by atoms with E-state index in [0.29, 0.717) is 11.5 Å². The average molecular weight is 343 g/mol. The normalized spacial score (nSPS) is 13.9. The number of hydrogen-bond acceptors (Lipinski definition) is 4. The molecular weight excluding hydrogens is 328 g/mol. The Morgan fingerprint density at radius 2 is 2.00 bits per heavy atom. The van der Waals surface area contributed by atoms with E-state index >= 15 is 0 Å². The van der Waals surface area contributed by atoms with E-state index in [2.05, 4.69) is 13.8 Å². The first-order chi connectivity index (χ1) is 11.4. The maximum atomic E-state index is 12.8. The van der Waals surface area contributed by atoms with Gasteiger partial charge in [0, 0.05) is 11.6 Å². The molecule has 5 heteroatoms. The van der Waals surface area contributed by atoms with Crippen LogP contribution in [-0.4, -0.2) is 17.3 Å². The number of fused-ring (bicyclic) bond motifs is 1. The summed E-state index contributed by atoms with van der Waals surface area (Å²) < 4.78 is 5.26. The van der Waals surface area contributed by atoms with Crippen LogP contribution in [0.5, 0.6) is 0 Å². The van der Waals surface area contributed by atoms with Gasteiger partial charge in [0.25, 0.3) is 0 Å². The van der Waals surface area contributed by atoms with E-state index in [1.807, 2.05) is 6.07 Å². The fourth-order valence-corrected chi connectivity index (χ4v) is 3.00. The second kappa shape index (κ2) is 6.21. The molecule has 122 valence electrons. The molecule has 0 aliphatic heterocycles. The Hall–Kier alpha value is -2.46. The molecule has 1 aromatic heterocycles. The number of furan rings is 1. The molecule has 1 aliphatic rings. The summed E-state index contributed by atoms with van der Waals surface area (Å²) in [6.45, 7) is 4.19. The Kier molecular flexibility index (Phi) is 4.24. The molecule has 1 heterocycles. The summed E-state index contributed by atoms with van der Waals surface area (Å²) in [5, 5.41) is 0.0298. The number of hydrogen-bond donors (Lipinski definition) is 0. The quantitative estimate of drug-likeness (QED) is 0.621. The molecule has 0 saturated heterocycles. The van der Waals surface area contributed by atoms with Gasteiger partial charge in [-0.05, 0) is 24.0 Å². The lowest BCUT2D eigenvalue weighted by atomic mass is 9.92. The molecule has 0 saturated carbocycles. The number of halogens is 1. The summed E-state index contributed by atoms with van der Waals surface area (Å²) in [5.74, 6) is -1.36. The fraction of sp³-hybridized carbons (Fsp3) is 0.211. The SMILES string of the molecule is CC(C)Cc1cccc(C(=O)c2coc3c2C(=O)C(=O)C=C3Cl)c1. The number of Topliss-reactive ketones (excluding diaryl/α,β-unsaturated/α-hetero) is 1. The Labute approximate surface area is 144 Å².